The molecule has 0 heterocycles. The van der Waals surface area contributed by atoms with E-state index in [1.165, 1.54) is 42.3 Å². The lowest BCUT2D eigenvalue weighted by Crippen LogP contribution is -2.53. The Hall–Kier alpha value is -3.85. The summed E-state index contributed by atoms with van der Waals surface area (Å²) in [5.41, 5.74) is 1.80. The van der Waals surface area contributed by atoms with Crippen LogP contribution in [0.3, 0.4) is 0 Å². The van der Waals surface area contributed by atoms with E-state index in [0.29, 0.717) is 0 Å². The maximum Gasteiger partial charge on any atom is 0.264 e. The zero-order valence-corrected chi connectivity index (χ0v) is 24.6. The summed E-state index contributed by atoms with van der Waals surface area (Å²) in [5.74, 6) is -0.936. The number of halogens is 2. The topological polar surface area (TPSA) is 86.8 Å². The fourth-order valence-electron chi connectivity index (χ4n) is 4.39. The number of amides is 2. The number of hydrogen-bond donors (Lipinski definition) is 1. The van der Waals surface area contributed by atoms with E-state index in [-0.39, 0.29) is 39.5 Å². The number of nitrogens with zero attached hydrogens (tertiary/aromatic N) is 2. The highest BCUT2D eigenvalue weighted by Crippen LogP contribution is 2.31. The Morgan fingerprint density at radius 2 is 1.34 bits per heavy atom. The van der Waals surface area contributed by atoms with Crippen LogP contribution in [-0.4, -0.2) is 44.8 Å². The van der Waals surface area contributed by atoms with Crippen LogP contribution in [-0.2, 0) is 32.6 Å². The molecule has 0 radical (unpaired) electrons. The fourth-order valence-corrected chi connectivity index (χ4v) is 6.11. The minimum atomic E-state index is -4.21. The van der Waals surface area contributed by atoms with Gasteiger partial charge in [-0.2, -0.15) is 0 Å². The highest BCUT2D eigenvalue weighted by Gasteiger charge is 2.34. The number of benzene rings is 4. The highest BCUT2D eigenvalue weighted by atomic mass is 35.5. The predicted octanol–water partition coefficient (Wildman–Crippen LogP) is 5.57. The monoisotopic (exact) mass is 609 g/mol. The molecule has 0 fully saturated rings. The number of carbonyl (C=O) groups excluding carboxylic acids is 2. The van der Waals surface area contributed by atoms with E-state index in [2.05, 4.69) is 5.32 Å². The predicted molar refractivity (Wildman–Crippen MR) is 162 cm³/mol. The largest absolute Gasteiger partial charge is 0.357 e. The third-order valence-electron chi connectivity index (χ3n) is 6.51. The summed E-state index contributed by atoms with van der Waals surface area (Å²) in [4.78, 5) is 28.9. The van der Waals surface area contributed by atoms with E-state index in [4.69, 9.17) is 23.2 Å². The first-order valence-corrected chi connectivity index (χ1v) is 15.0. The molecule has 4 aromatic rings. The normalized spacial score (nSPS) is 11.9. The number of anilines is 1. The molecule has 0 unspecified atom stereocenters. The quantitative estimate of drug-likeness (QED) is 0.241. The number of likely N-dealkylation sites (N-methyl/N-ethyl adjacent to an activating group) is 1. The fraction of sp³-hybridized carbons (Fsp3) is 0.161. The molecule has 2 amide bonds. The van der Waals surface area contributed by atoms with Crippen molar-refractivity contribution >= 4 is 50.7 Å². The lowest BCUT2D eigenvalue weighted by molar-refractivity contribution is -0.139. The van der Waals surface area contributed by atoms with Gasteiger partial charge in [0.25, 0.3) is 10.0 Å². The van der Waals surface area contributed by atoms with Crippen LogP contribution in [0.15, 0.2) is 114 Å². The second kappa shape index (κ2) is 13.7. The second-order valence-electron chi connectivity index (χ2n) is 9.25. The summed E-state index contributed by atoms with van der Waals surface area (Å²) in [5, 5.41) is 3.04. The Morgan fingerprint density at radius 1 is 0.780 bits per heavy atom. The maximum atomic E-state index is 14.2. The summed E-state index contributed by atoms with van der Waals surface area (Å²) in [6.45, 7) is -0.491. The molecule has 0 saturated carbocycles. The van der Waals surface area contributed by atoms with Crippen LogP contribution in [0.4, 0.5) is 5.69 Å². The maximum absolute atomic E-state index is 14.2. The number of nitrogens with one attached hydrogen (secondary N) is 1. The summed E-state index contributed by atoms with van der Waals surface area (Å²) >= 11 is 12.4. The van der Waals surface area contributed by atoms with Crippen molar-refractivity contribution in [1.29, 1.82) is 0 Å². The number of carbonyl (C=O) groups is 2. The van der Waals surface area contributed by atoms with Crippen LogP contribution < -0.4 is 9.62 Å². The van der Waals surface area contributed by atoms with Gasteiger partial charge in [-0.1, -0.05) is 102 Å². The first kappa shape index (κ1) is 30.1. The van der Waals surface area contributed by atoms with E-state index in [1.54, 1.807) is 18.2 Å². The Balaban J connectivity index is 1.78. The molecule has 0 bridgehead atoms. The van der Waals surface area contributed by atoms with Crippen LogP contribution in [0.25, 0.3) is 0 Å². The summed E-state index contributed by atoms with van der Waals surface area (Å²) in [6.07, 6.45) is 0.233. The molecule has 41 heavy (non-hydrogen) atoms. The average Bonchev–Trinajstić information content (AvgIpc) is 3.00. The average molecular weight is 611 g/mol. The van der Waals surface area contributed by atoms with Crippen LogP contribution in [0, 0.1) is 0 Å². The van der Waals surface area contributed by atoms with Gasteiger partial charge >= 0.3 is 0 Å². The van der Waals surface area contributed by atoms with E-state index < -0.39 is 28.5 Å². The van der Waals surface area contributed by atoms with E-state index in [0.717, 1.165) is 15.4 Å². The minimum Gasteiger partial charge on any atom is -0.357 e. The summed E-state index contributed by atoms with van der Waals surface area (Å²) in [7, 11) is -2.70. The lowest BCUT2D eigenvalue weighted by Gasteiger charge is -2.33. The second-order valence-corrected chi connectivity index (χ2v) is 11.9. The van der Waals surface area contributed by atoms with Gasteiger partial charge < -0.3 is 10.2 Å². The number of sulfonamides is 1. The van der Waals surface area contributed by atoms with Crippen molar-refractivity contribution in [2.24, 2.45) is 0 Å². The Morgan fingerprint density at radius 3 is 1.90 bits per heavy atom. The zero-order valence-electron chi connectivity index (χ0n) is 22.3. The molecular weight excluding hydrogens is 581 g/mol. The van der Waals surface area contributed by atoms with Crippen molar-refractivity contribution in [3.05, 3.63) is 130 Å². The minimum absolute atomic E-state index is 0.000573. The zero-order chi connectivity index (χ0) is 29.4. The summed E-state index contributed by atoms with van der Waals surface area (Å²) in [6, 6.07) is 29.8. The van der Waals surface area contributed by atoms with Gasteiger partial charge in [0.05, 0.1) is 20.6 Å². The van der Waals surface area contributed by atoms with Gasteiger partial charge in [0, 0.05) is 20.0 Å². The van der Waals surface area contributed by atoms with Gasteiger partial charge in [-0.25, -0.2) is 8.42 Å². The Kier molecular flexibility index (Phi) is 10.0. The molecule has 0 aromatic heterocycles. The Labute approximate surface area is 250 Å². The van der Waals surface area contributed by atoms with Crippen LogP contribution in [0.1, 0.15) is 11.1 Å². The van der Waals surface area contributed by atoms with Crippen molar-refractivity contribution in [2.45, 2.75) is 23.9 Å². The van der Waals surface area contributed by atoms with Gasteiger partial charge in [0.1, 0.15) is 12.6 Å². The molecular formula is C31H29Cl2N3O4S. The summed E-state index contributed by atoms with van der Waals surface area (Å²) < 4.78 is 28.8. The van der Waals surface area contributed by atoms with Crippen LogP contribution >= 0.6 is 23.2 Å². The molecule has 4 aromatic carbocycles. The van der Waals surface area contributed by atoms with Gasteiger partial charge in [0.2, 0.25) is 11.8 Å². The number of rotatable bonds is 11. The Bertz CT molecular complexity index is 1590. The highest BCUT2D eigenvalue weighted by molar-refractivity contribution is 7.92. The van der Waals surface area contributed by atoms with Crippen molar-refractivity contribution in [3.8, 4) is 0 Å². The molecule has 0 aliphatic rings. The molecule has 7 nitrogen and oxygen atoms in total. The van der Waals surface area contributed by atoms with Crippen molar-refractivity contribution < 1.29 is 18.0 Å². The van der Waals surface area contributed by atoms with Crippen molar-refractivity contribution in [1.82, 2.24) is 10.2 Å². The first-order chi connectivity index (χ1) is 19.7. The molecule has 10 heteroatoms. The smallest absolute Gasteiger partial charge is 0.264 e. The van der Waals surface area contributed by atoms with Crippen LogP contribution in [0.2, 0.25) is 10.0 Å². The molecule has 0 spiro atoms. The van der Waals surface area contributed by atoms with E-state index in [1.807, 2.05) is 60.7 Å². The van der Waals surface area contributed by atoms with Crippen LogP contribution in [0.5, 0.6) is 0 Å². The van der Waals surface area contributed by atoms with E-state index >= 15 is 0 Å². The van der Waals surface area contributed by atoms with Crippen molar-refractivity contribution in [3.63, 3.8) is 0 Å². The van der Waals surface area contributed by atoms with Gasteiger partial charge in [0.15, 0.2) is 0 Å². The molecule has 1 atom stereocenters. The third kappa shape index (κ3) is 7.47. The van der Waals surface area contributed by atoms with Gasteiger partial charge in [-0.05, 0) is 41.5 Å². The van der Waals surface area contributed by atoms with Gasteiger partial charge in [-0.3, -0.25) is 13.9 Å². The molecule has 4 rings (SSSR count). The SMILES string of the molecule is CNC(=O)[C@@H](Cc1ccccc1)N(Cc1ccccc1)C(=O)CN(c1ccc(Cl)c(Cl)c1)S(=O)(=O)c1ccccc1. The lowest BCUT2D eigenvalue weighted by atomic mass is 10.0. The van der Waals surface area contributed by atoms with Gasteiger partial charge in [-0.15, -0.1) is 0 Å². The standard InChI is InChI=1S/C31H29Cl2N3O4S/c1-34-31(38)29(19-23-11-5-2-6-12-23)35(21-24-13-7-3-8-14-24)30(37)22-36(25-17-18-27(32)28(33)20-25)41(39,40)26-15-9-4-10-16-26/h2-18,20,29H,19,21-22H2,1H3,(H,34,38)/t29-/m1/s1. The first-order valence-electron chi connectivity index (χ1n) is 12.8. The molecule has 1 N–H and O–H groups in total. The number of hydrogen-bond acceptors (Lipinski definition) is 4. The van der Waals surface area contributed by atoms with Crippen molar-refractivity contribution in [2.75, 3.05) is 17.9 Å². The molecule has 212 valence electrons. The van der Waals surface area contributed by atoms with E-state index in [9.17, 15) is 18.0 Å². The molecule has 0 aliphatic heterocycles. The molecule has 0 aliphatic carbocycles. The molecule has 0 saturated heterocycles. The third-order valence-corrected chi connectivity index (χ3v) is 9.04.